The van der Waals surface area contributed by atoms with Gasteiger partial charge < -0.3 is 10.2 Å². The predicted octanol–water partition coefficient (Wildman–Crippen LogP) is 0.397. The van der Waals surface area contributed by atoms with Gasteiger partial charge in [-0.15, -0.1) is 4.28 Å². The Morgan fingerprint density at radius 2 is 1.96 bits per heavy atom. The summed E-state index contributed by atoms with van der Waals surface area (Å²) in [6, 6.07) is 6.33. The molecule has 0 spiro atoms. The largest absolute Gasteiger partial charge is 0.418 e. The number of hydrogen-bond acceptors (Lipinski definition) is 6. The molecule has 2 aliphatic rings. The van der Waals surface area contributed by atoms with Crippen molar-refractivity contribution in [3.8, 4) is 0 Å². The van der Waals surface area contributed by atoms with Crippen molar-refractivity contribution in [2.45, 2.75) is 24.9 Å². The van der Waals surface area contributed by atoms with E-state index in [0.29, 0.717) is 23.5 Å². The van der Waals surface area contributed by atoms with E-state index in [4.69, 9.17) is 9.96 Å². The Labute approximate surface area is 143 Å². The molecule has 3 amide bonds. The van der Waals surface area contributed by atoms with Crippen molar-refractivity contribution in [2.75, 3.05) is 6.54 Å². The highest BCUT2D eigenvalue weighted by atomic mass is 32.3. The van der Waals surface area contributed by atoms with Crippen molar-refractivity contribution in [1.29, 1.82) is 5.41 Å². The van der Waals surface area contributed by atoms with Gasteiger partial charge >= 0.3 is 16.4 Å². The van der Waals surface area contributed by atoms with Crippen molar-refractivity contribution in [3.05, 3.63) is 35.9 Å². The molecule has 0 radical (unpaired) electrons. The molecule has 134 valence electrons. The summed E-state index contributed by atoms with van der Waals surface area (Å²) in [6.45, 7) is 0.141. The Kier molecular flexibility index (Phi) is 4.45. The van der Waals surface area contributed by atoms with E-state index in [2.05, 4.69) is 9.60 Å². The second-order valence-corrected chi connectivity index (χ2v) is 6.75. The van der Waals surface area contributed by atoms with Gasteiger partial charge in [0.2, 0.25) is 0 Å². The highest BCUT2D eigenvalue weighted by Gasteiger charge is 2.48. The second kappa shape index (κ2) is 6.43. The van der Waals surface area contributed by atoms with Crippen LogP contribution < -0.4 is 5.32 Å². The lowest BCUT2D eigenvalue weighted by Gasteiger charge is -2.30. The maximum Gasteiger partial charge on any atom is 0.418 e. The number of carbonyl (C=O) groups is 2. The van der Waals surface area contributed by atoms with Gasteiger partial charge in [-0.2, -0.15) is 13.5 Å². The van der Waals surface area contributed by atoms with Gasteiger partial charge in [0.1, 0.15) is 5.84 Å². The minimum Gasteiger partial charge on any atom is -0.310 e. The van der Waals surface area contributed by atoms with Crippen LogP contribution in [0.2, 0.25) is 0 Å². The zero-order valence-electron chi connectivity index (χ0n) is 13.0. The third-order valence-corrected chi connectivity index (χ3v) is 4.46. The summed E-state index contributed by atoms with van der Waals surface area (Å²) in [7, 11) is -4.82. The average Bonchev–Trinajstić information content (AvgIpc) is 2.79. The molecule has 3 rings (SSSR count). The smallest absolute Gasteiger partial charge is 0.310 e. The van der Waals surface area contributed by atoms with Crippen LogP contribution in [0.15, 0.2) is 30.3 Å². The molecule has 1 aromatic rings. The summed E-state index contributed by atoms with van der Waals surface area (Å²) in [5.41, 5.74) is 0.380. The number of piperidine rings is 1. The van der Waals surface area contributed by atoms with Crippen LogP contribution in [0, 0.1) is 5.41 Å². The molecule has 2 fully saturated rings. The zero-order chi connectivity index (χ0) is 18.2. The molecule has 2 heterocycles. The van der Waals surface area contributed by atoms with Crippen LogP contribution >= 0.6 is 0 Å². The van der Waals surface area contributed by atoms with Crippen molar-refractivity contribution in [1.82, 2.24) is 15.3 Å². The predicted molar refractivity (Wildman–Crippen MR) is 85.0 cm³/mol. The topological polar surface area (TPSA) is 140 Å². The second-order valence-electron chi connectivity index (χ2n) is 5.74. The van der Waals surface area contributed by atoms with Crippen molar-refractivity contribution in [3.63, 3.8) is 0 Å². The minimum absolute atomic E-state index is 0.141. The Morgan fingerprint density at radius 1 is 1.28 bits per heavy atom. The summed E-state index contributed by atoms with van der Waals surface area (Å²) in [4.78, 5) is 25.7. The lowest BCUT2D eigenvalue weighted by molar-refractivity contribution is -0.0316. The van der Waals surface area contributed by atoms with E-state index in [0.717, 1.165) is 0 Å². The minimum atomic E-state index is -4.82. The first-order valence-electron chi connectivity index (χ1n) is 7.48. The fourth-order valence-electron chi connectivity index (χ4n) is 3.00. The Balaban J connectivity index is 1.69. The summed E-state index contributed by atoms with van der Waals surface area (Å²) < 4.78 is 34.8. The van der Waals surface area contributed by atoms with E-state index in [-0.39, 0.29) is 12.4 Å². The molecule has 0 saturated carbocycles. The number of carbonyl (C=O) groups excluding carboxylic acids is 2. The number of rotatable bonds is 4. The molecule has 2 saturated heterocycles. The fourth-order valence-corrected chi connectivity index (χ4v) is 3.39. The standard InChI is InChI=1S/C14H16N4O6S/c15-12(16-13(19)9-4-2-1-3-5-9)11-7-6-10-8-17(11)14(20)18(10)24-25(21,22)23/h1-5,10-11H,6-8H2,(H2,15,16,19)(H,21,22,23)/t10-,11+/m1/s1. The number of hydroxylamine groups is 2. The van der Waals surface area contributed by atoms with Crippen molar-refractivity contribution in [2.24, 2.45) is 0 Å². The van der Waals surface area contributed by atoms with Gasteiger partial charge in [-0.25, -0.2) is 4.79 Å². The normalized spacial score (nSPS) is 22.8. The highest BCUT2D eigenvalue weighted by molar-refractivity contribution is 7.80. The number of amidine groups is 1. The van der Waals surface area contributed by atoms with Crippen LogP contribution in [0.3, 0.4) is 0 Å². The molecule has 25 heavy (non-hydrogen) atoms. The van der Waals surface area contributed by atoms with E-state index in [1.165, 1.54) is 4.90 Å². The number of nitrogens with zero attached hydrogens (tertiary/aromatic N) is 2. The van der Waals surface area contributed by atoms with Gasteiger partial charge in [-0.3, -0.25) is 14.8 Å². The average molecular weight is 368 g/mol. The number of benzene rings is 1. The molecule has 11 heteroatoms. The molecule has 0 aliphatic carbocycles. The lowest BCUT2D eigenvalue weighted by atomic mass is 10.00. The van der Waals surface area contributed by atoms with Gasteiger partial charge in [0.25, 0.3) is 5.91 Å². The first-order chi connectivity index (χ1) is 11.8. The third kappa shape index (κ3) is 3.62. The number of hydrogen-bond donors (Lipinski definition) is 3. The monoisotopic (exact) mass is 368 g/mol. The van der Waals surface area contributed by atoms with Crippen molar-refractivity contribution >= 4 is 28.2 Å². The van der Waals surface area contributed by atoms with E-state index >= 15 is 0 Å². The third-order valence-electron chi connectivity index (χ3n) is 4.11. The van der Waals surface area contributed by atoms with Crippen LogP contribution in [-0.4, -0.2) is 59.3 Å². The number of nitrogens with one attached hydrogen (secondary N) is 2. The van der Waals surface area contributed by atoms with Gasteiger partial charge in [-0.1, -0.05) is 18.2 Å². The summed E-state index contributed by atoms with van der Waals surface area (Å²) in [5, 5.41) is 11.2. The molecule has 1 aromatic carbocycles. The Morgan fingerprint density at radius 3 is 2.60 bits per heavy atom. The molecule has 2 bridgehead atoms. The Bertz CT molecular complexity index is 812. The summed E-state index contributed by atoms with van der Waals surface area (Å²) in [6.07, 6.45) is 0.724. The van der Waals surface area contributed by atoms with E-state index in [9.17, 15) is 18.0 Å². The van der Waals surface area contributed by atoms with Crippen LogP contribution in [0.5, 0.6) is 0 Å². The van der Waals surface area contributed by atoms with Crippen LogP contribution in [0.25, 0.3) is 0 Å². The zero-order valence-corrected chi connectivity index (χ0v) is 13.8. The lowest BCUT2D eigenvalue weighted by Crippen LogP contribution is -2.50. The van der Waals surface area contributed by atoms with Crippen molar-refractivity contribution < 1.29 is 26.8 Å². The van der Waals surface area contributed by atoms with Crippen LogP contribution in [0.4, 0.5) is 4.79 Å². The molecule has 0 unspecified atom stereocenters. The number of amides is 3. The molecular formula is C14H16N4O6S. The van der Waals surface area contributed by atoms with Gasteiger partial charge in [0.05, 0.1) is 12.1 Å². The molecular weight excluding hydrogens is 352 g/mol. The molecule has 0 aromatic heterocycles. The maximum atomic E-state index is 12.3. The van der Waals surface area contributed by atoms with E-state index in [1.807, 2.05) is 0 Å². The van der Waals surface area contributed by atoms with Crippen LogP contribution in [0.1, 0.15) is 23.2 Å². The number of urea groups is 1. The van der Waals surface area contributed by atoms with Gasteiger partial charge in [0.15, 0.2) is 0 Å². The quantitative estimate of drug-likeness (QED) is 0.399. The highest BCUT2D eigenvalue weighted by Crippen LogP contribution is 2.30. The molecule has 2 aliphatic heterocycles. The summed E-state index contributed by atoms with van der Waals surface area (Å²) in [5.74, 6) is -0.625. The molecule has 3 N–H and O–H groups in total. The van der Waals surface area contributed by atoms with Gasteiger partial charge in [-0.05, 0) is 25.0 Å². The maximum absolute atomic E-state index is 12.3. The SMILES string of the molecule is N=C(NC(=O)c1ccccc1)[C@@H]1CC[C@@H]2CN1C(=O)N2OS(=O)(=O)O. The fraction of sp³-hybridized carbons (Fsp3) is 0.357. The first kappa shape index (κ1) is 17.3. The first-order valence-corrected chi connectivity index (χ1v) is 8.84. The summed E-state index contributed by atoms with van der Waals surface area (Å²) >= 11 is 0. The number of fused-ring (bicyclic) bond motifs is 2. The molecule has 10 nitrogen and oxygen atoms in total. The van der Waals surface area contributed by atoms with E-state index in [1.54, 1.807) is 30.3 Å². The molecule has 2 atom stereocenters. The van der Waals surface area contributed by atoms with Crippen LogP contribution in [-0.2, 0) is 14.7 Å². The van der Waals surface area contributed by atoms with Gasteiger partial charge in [0, 0.05) is 12.1 Å². The van der Waals surface area contributed by atoms with E-state index < -0.39 is 34.4 Å². The Hall–Kier alpha value is -2.50.